The van der Waals surface area contributed by atoms with Crippen LogP contribution in [0.3, 0.4) is 0 Å². The van der Waals surface area contributed by atoms with Crippen LogP contribution in [0.2, 0.25) is 0 Å². The molecule has 2 aromatic carbocycles. The lowest BCUT2D eigenvalue weighted by atomic mass is 10.1. The lowest BCUT2D eigenvalue weighted by Crippen LogP contribution is -2.14. The Morgan fingerprint density at radius 2 is 1.70 bits per heavy atom. The third-order valence-corrected chi connectivity index (χ3v) is 3.40. The molecule has 114 valence electrons. The summed E-state index contributed by atoms with van der Waals surface area (Å²) in [5.74, 6) is 0.847. The van der Waals surface area contributed by atoms with E-state index >= 15 is 0 Å². The zero-order valence-electron chi connectivity index (χ0n) is 12.4. The maximum atomic E-state index is 12.0. The van der Waals surface area contributed by atoms with E-state index in [1.54, 1.807) is 24.3 Å². The molecule has 1 heterocycles. The summed E-state index contributed by atoms with van der Waals surface area (Å²) in [6.07, 6.45) is 1.01. The molecule has 1 N–H and O–H groups in total. The Kier molecular flexibility index (Phi) is 4.34. The summed E-state index contributed by atoms with van der Waals surface area (Å²) in [7, 11) is 0. The van der Waals surface area contributed by atoms with Gasteiger partial charge in [-0.05, 0) is 42.0 Å². The standard InChI is InChI=1S/C19H15NO3/c21-13-17-10-11-18(23-17)15-6-8-16(9-7-15)20-19(22)12-14-4-2-1-3-5-14/h1-11,13H,12H2,(H,20,22). The van der Waals surface area contributed by atoms with E-state index in [2.05, 4.69) is 5.32 Å². The fourth-order valence-corrected chi connectivity index (χ4v) is 2.28. The Labute approximate surface area is 133 Å². The molecule has 4 heteroatoms. The predicted octanol–water partition coefficient (Wildman–Crippen LogP) is 3.94. The van der Waals surface area contributed by atoms with Crippen molar-refractivity contribution in [3.63, 3.8) is 0 Å². The smallest absolute Gasteiger partial charge is 0.228 e. The number of nitrogens with one attached hydrogen (secondary N) is 1. The molecule has 23 heavy (non-hydrogen) atoms. The van der Waals surface area contributed by atoms with Crippen molar-refractivity contribution in [3.05, 3.63) is 78.1 Å². The molecule has 3 aromatic rings. The van der Waals surface area contributed by atoms with Crippen molar-refractivity contribution in [3.8, 4) is 11.3 Å². The topological polar surface area (TPSA) is 59.3 Å². The molecule has 0 aliphatic rings. The summed E-state index contributed by atoms with van der Waals surface area (Å²) in [4.78, 5) is 22.6. The first-order valence-corrected chi connectivity index (χ1v) is 7.24. The van der Waals surface area contributed by atoms with E-state index in [0.29, 0.717) is 24.2 Å². The molecule has 1 aromatic heterocycles. The van der Waals surface area contributed by atoms with Crippen LogP contribution < -0.4 is 5.32 Å². The highest BCUT2D eigenvalue weighted by Gasteiger charge is 2.06. The van der Waals surface area contributed by atoms with Crippen LogP contribution >= 0.6 is 0 Å². The molecule has 0 aliphatic heterocycles. The highest BCUT2D eigenvalue weighted by molar-refractivity contribution is 5.92. The molecule has 0 saturated carbocycles. The summed E-state index contributed by atoms with van der Waals surface area (Å²) in [5.41, 5.74) is 2.54. The first kappa shape index (κ1) is 14.8. The van der Waals surface area contributed by atoms with Crippen LogP contribution in [-0.2, 0) is 11.2 Å². The van der Waals surface area contributed by atoms with Gasteiger partial charge in [0.1, 0.15) is 5.76 Å². The van der Waals surface area contributed by atoms with E-state index in [9.17, 15) is 9.59 Å². The lowest BCUT2D eigenvalue weighted by Gasteiger charge is -2.06. The number of hydrogen-bond acceptors (Lipinski definition) is 3. The first-order chi connectivity index (χ1) is 11.2. The minimum absolute atomic E-state index is 0.0646. The van der Waals surface area contributed by atoms with Gasteiger partial charge in [0.05, 0.1) is 6.42 Å². The molecule has 0 aliphatic carbocycles. The molecular formula is C19H15NO3. The van der Waals surface area contributed by atoms with Gasteiger partial charge in [-0.15, -0.1) is 0 Å². The summed E-state index contributed by atoms with van der Waals surface area (Å²) in [6, 6.07) is 20.2. The van der Waals surface area contributed by atoms with Gasteiger partial charge < -0.3 is 9.73 Å². The van der Waals surface area contributed by atoms with Crippen molar-refractivity contribution < 1.29 is 14.0 Å². The molecule has 4 nitrogen and oxygen atoms in total. The molecule has 0 fully saturated rings. The molecule has 1 amide bonds. The van der Waals surface area contributed by atoms with Gasteiger partial charge in [-0.1, -0.05) is 30.3 Å². The van der Waals surface area contributed by atoms with Crippen molar-refractivity contribution >= 4 is 17.9 Å². The van der Waals surface area contributed by atoms with Crippen LogP contribution in [0.5, 0.6) is 0 Å². The predicted molar refractivity (Wildman–Crippen MR) is 88.3 cm³/mol. The first-order valence-electron chi connectivity index (χ1n) is 7.24. The number of furan rings is 1. The second kappa shape index (κ2) is 6.75. The number of carbonyl (C=O) groups is 2. The third kappa shape index (κ3) is 3.74. The largest absolute Gasteiger partial charge is 0.453 e. The molecular weight excluding hydrogens is 290 g/mol. The van der Waals surface area contributed by atoms with Gasteiger partial charge in [-0.2, -0.15) is 0 Å². The second-order valence-electron chi connectivity index (χ2n) is 5.11. The van der Waals surface area contributed by atoms with E-state index in [1.165, 1.54) is 0 Å². The van der Waals surface area contributed by atoms with Crippen molar-refractivity contribution in [2.75, 3.05) is 5.32 Å². The Morgan fingerprint density at radius 3 is 2.35 bits per heavy atom. The summed E-state index contributed by atoms with van der Waals surface area (Å²) >= 11 is 0. The second-order valence-corrected chi connectivity index (χ2v) is 5.11. The zero-order chi connectivity index (χ0) is 16.1. The number of benzene rings is 2. The Bertz CT molecular complexity index is 804. The van der Waals surface area contributed by atoms with Crippen LogP contribution in [0.4, 0.5) is 5.69 Å². The van der Waals surface area contributed by atoms with E-state index in [1.807, 2.05) is 42.5 Å². The Hall–Kier alpha value is -3.14. The van der Waals surface area contributed by atoms with Gasteiger partial charge >= 0.3 is 0 Å². The number of anilines is 1. The Balaban J connectivity index is 1.65. The SMILES string of the molecule is O=Cc1ccc(-c2ccc(NC(=O)Cc3ccccc3)cc2)o1. The van der Waals surface area contributed by atoms with Crippen LogP contribution in [0.1, 0.15) is 16.1 Å². The number of rotatable bonds is 5. The normalized spacial score (nSPS) is 10.3. The highest BCUT2D eigenvalue weighted by Crippen LogP contribution is 2.23. The monoisotopic (exact) mass is 305 g/mol. The fourth-order valence-electron chi connectivity index (χ4n) is 2.28. The molecule has 0 atom stereocenters. The summed E-state index contributed by atoms with van der Waals surface area (Å²) in [6.45, 7) is 0. The van der Waals surface area contributed by atoms with Crippen molar-refractivity contribution in [2.45, 2.75) is 6.42 Å². The minimum Gasteiger partial charge on any atom is -0.453 e. The minimum atomic E-state index is -0.0646. The lowest BCUT2D eigenvalue weighted by molar-refractivity contribution is -0.115. The van der Waals surface area contributed by atoms with Gasteiger partial charge in [0.15, 0.2) is 12.0 Å². The third-order valence-electron chi connectivity index (χ3n) is 3.40. The van der Waals surface area contributed by atoms with Crippen molar-refractivity contribution in [1.29, 1.82) is 0 Å². The van der Waals surface area contributed by atoms with Crippen LogP contribution in [0, 0.1) is 0 Å². The summed E-state index contributed by atoms with van der Waals surface area (Å²) in [5, 5.41) is 2.86. The molecule has 0 radical (unpaired) electrons. The van der Waals surface area contributed by atoms with Crippen molar-refractivity contribution in [1.82, 2.24) is 0 Å². The zero-order valence-corrected chi connectivity index (χ0v) is 12.4. The van der Waals surface area contributed by atoms with Gasteiger partial charge in [0.2, 0.25) is 5.91 Å². The highest BCUT2D eigenvalue weighted by atomic mass is 16.3. The maximum Gasteiger partial charge on any atom is 0.228 e. The number of carbonyl (C=O) groups excluding carboxylic acids is 2. The Morgan fingerprint density at radius 1 is 0.957 bits per heavy atom. The molecule has 0 spiro atoms. The average molecular weight is 305 g/mol. The van der Waals surface area contributed by atoms with Gasteiger partial charge in [-0.25, -0.2) is 0 Å². The number of aldehydes is 1. The van der Waals surface area contributed by atoms with E-state index in [0.717, 1.165) is 16.8 Å². The number of hydrogen-bond donors (Lipinski definition) is 1. The molecule has 0 saturated heterocycles. The fraction of sp³-hybridized carbons (Fsp3) is 0.0526. The summed E-state index contributed by atoms with van der Waals surface area (Å²) < 4.78 is 5.36. The van der Waals surface area contributed by atoms with Crippen LogP contribution in [0.15, 0.2) is 71.1 Å². The van der Waals surface area contributed by atoms with Crippen LogP contribution in [-0.4, -0.2) is 12.2 Å². The van der Waals surface area contributed by atoms with E-state index in [4.69, 9.17) is 4.42 Å². The van der Waals surface area contributed by atoms with Gasteiger partial charge in [0.25, 0.3) is 0 Å². The van der Waals surface area contributed by atoms with E-state index in [-0.39, 0.29) is 5.91 Å². The number of amides is 1. The maximum absolute atomic E-state index is 12.0. The van der Waals surface area contributed by atoms with Crippen molar-refractivity contribution in [2.24, 2.45) is 0 Å². The molecule has 0 unspecified atom stereocenters. The molecule has 0 bridgehead atoms. The van der Waals surface area contributed by atoms with Crippen LogP contribution in [0.25, 0.3) is 11.3 Å². The van der Waals surface area contributed by atoms with Gasteiger partial charge in [-0.3, -0.25) is 9.59 Å². The average Bonchev–Trinajstić information content (AvgIpc) is 3.05. The van der Waals surface area contributed by atoms with Gasteiger partial charge in [0, 0.05) is 11.3 Å². The molecule has 3 rings (SSSR count). The van der Waals surface area contributed by atoms with E-state index < -0.39 is 0 Å². The quantitative estimate of drug-likeness (QED) is 0.726.